The SMILES string of the molecule is Cc1ccc(/C=C/C(=O)Nc2nnc(SCc3ccccc3)s2)s1. The number of aromatic nitrogens is 2. The molecule has 1 aromatic carbocycles. The lowest BCUT2D eigenvalue weighted by Crippen LogP contribution is -2.07. The van der Waals surface area contributed by atoms with Crippen molar-refractivity contribution >= 4 is 51.6 Å². The third-order valence-electron chi connectivity index (χ3n) is 3.00. The second-order valence-electron chi connectivity index (χ2n) is 4.92. The molecule has 0 atom stereocenters. The first-order valence-corrected chi connectivity index (χ1v) is 9.86. The Morgan fingerprint density at radius 1 is 1.17 bits per heavy atom. The van der Waals surface area contributed by atoms with E-state index in [0.29, 0.717) is 5.13 Å². The number of anilines is 1. The molecule has 2 aromatic heterocycles. The number of carbonyl (C=O) groups is 1. The van der Waals surface area contributed by atoms with E-state index in [1.54, 1.807) is 29.2 Å². The predicted octanol–water partition coefficient (Wildman–Crippen LogP) is 4.85. The van der Waals surface area contributed by atoms with E-state index in [-0.39, 0.29) is 5.91 Å². The summed E-state index contributed by atoms with van der Waals surface area (Å²) in [7, 11) is 0. The van der Waals surface area contributed by atoms with Crippen LogP contribution >= 0.6 is 34.4 Å². The molecular formula is C17H15N3OS3. The number of hydrogen-bond acceptors (Lipinski definition) is 6. The number of carbonyl (C=O) groups excluding carboxylic acids is 1. The molecule has 4 nitrogen and oxygen atoms in total. The number of nitrogens with zero attached hydrogens (tertiary/aromatic N) is 2. The molecule has 1 N–H and O–H groups in total. The quantitative estimate of drug-likeness (QED) is 0.381. The molecule has 7 heteroatoms. The highest BCUT2D eigenvalue weighted by molar-refractivity contribution is 8.00. The molecular weight excluding hydrogens is 358 g/mol. The van der Waals surface area contributed by atoms with E-state index in [1.165, 1.54) is 27.9 Å². The largest absolute Gasteiger partial charge is 0.297 e. The summed E-state index contributed by atoms with van der Waals surface area (Å²) in [5, 5.41) is 11.4. The highest BCUT2D eigenvalue weighted by Gasteiger charge is 2.07. The molecule has 1 amide bonds. The van der Waals surface area contributed by atoms with Crippen LogP contribution in [0.1, 0.15) is 15.3 Å². The van der Waals surface area contributed by atoms with Crippen LogP contribution in [0, 0.1) is 6.92 Å². The molecule has 0 spiro atoms. The standard InChI is InChI=1S/C17H15N3OS3/c1-12-7-8-14(23-12)9-10-15(21)18-16-19-20-17(24-16)22-11-13-5-3-2-4-6-13/h2-10H,11H2,1H3,(H,18,19,21)/b10-9+. The van der Waals surface area contributed by atoms with Gasteiger partial charge in [0.1, 0.15) is 0 Å². The molecule has 0 radical (unpaired) electrons. The summed E-state index contributed by atoms with van der Waals surface area (Å²) in [4.78, 5) is 14.2. The van der Waals surface area contributed by atoms with Crippen LogP contribution in [0.5, 0.6) is 0 Å². The van der Waals surface area contributed by atoms with E-state index in [1.807, 2.05) is 37.3 Å². The van der Waals surface area contributed by atoms with Crippen LogP contribution in [0.3, 0.4) is 0 Å². The minimum absolute atomic E-state index is 0.197. The first-order valence-electron chi connectivity index (χ1n) is 7.25. The minimum atomic E-state index is -0.197. The van der Waals surface area contributed by atoms with Gasteiger partial charge in [0, 0.05) is 21.6 Å². The summed E-state index contributed by atoms with van der Waals surface area (Å²) in [6, 6.07) is 14.2. The van der Waals surface area contributed by atoms with Gasteiger partial charge in [-0.1, -0.05) is 53.4 Å². The molecule has 0 aliphatic rings. The Bertz CT molecular complexity index is 840. The lowest BCUT2D eigenvalue weighted by Gasteiger charge is -1.97. The number of rotatable bonds is 6. The van der Waals surface area contributed by atoms with Crippen LogP contribution in [-0.2, 0) is 10.5 Å². The number of benzene rings is 1. The van der Waals surface area contributed by atoms with Crippen molar-refractivity contribution in [2.24, 2.45) is 0 Å². The monoisotopic (exact) mass is 373 g/mol. The third kappa shape index (κ3) is 5.02. The van der Waals surface area contributed by atoms with E-state index in [4.69, 9.17) is 0 Å². The fraction of sp³-hybridized carbons (Fsp3) is 0.118. The van der Waals surface area contributed by atoms with Crippen LogP contribution in [0.25, 0.3) is 6.08 Å². The molecule has 0 aliphatic carbocycles. The number of thioether (sulfide) groups is 1. The molecule has 0 unspecified atom stereocenters. The van der Waals surface area contributed by atoms with Crippen LogP contribution in [-0.4, -0.2) is 16.1 Å². The minimum Gasteiger partial charge on any atom is -0.297 e. The molecule has 0 saturated heterocycles. The number of thiophene rings is 1. The Kier molecular flexibility index (Phi) is 5.79. The summed E-state index contributed by atoms with van der Waals surface area (Å²) < 4.78 is 0.840. The van der Waals surface area contributed by atoms with Gasteiger partial charge in [0.2, 0.25) is 11.0 Å². The number of aryl methyl sites for hydroxylation is 1. The van der Waals surface area contributed by atoms with Crippen LogP contribution in [0.4, 0.5) is 5.13 Å². The van der Waals surface area contributed by atoms with Gasteiger partial charge < -0.3 is 0 Å². The highest BCUT2D eigenvalue weighted by atomic mass is 32.2. The van der Waals surface area contributed by atoms with Gasteiger partial charge in [-0.05, 0) is 30.7 Å². The van der Waals surface area contributed by atoms with Gasteiger partial charge in [-0.15, -0.1) is 21.5 Å². The lowest BCUT2D eigenvalue weighted by atomic mass is 10.2. The third-order valence-corrected chi connectivity index (χ3v) is 6.01. The maximum absolute atomic E-state index is 11.9. The zero-order valence-corrected chi connectivity index (χ0v) is 15.4. The van der Waals surface area contributed by atoms with Crippen molar-refractivity contribution in [1.29, 1.82) is 0 Å². The average Bonchev–Trinajstić information content (AvgIpc) is 3.21. The zero-order valence-electron chi connectivity index (χ0n) is 12.9. The molecule has 24 heavy (non-hydrogen) atoms. The normalized spacial score (nSPS) is 11.0. The molecule has 0 saturated carbocycles. The molecule has 2 heterocycles. The first kappa shape index (κ1) is 16.9. The lowest BCUT2D eigenvalue weighted by molar-refractivity contribution is -0.111. The summed E-state index contributed by atoms with van der Waals surface area (Å²) in [5.74, 6) is 0.637. The summed E-state index contributed by atoms with van der Waals surface area (Å²) in [6.07, 6.45) is 3.32. The smallest absolute Gasteiger partial charge is 0.250 e. The molecule has 0 aliphatic heterocycles. The Balaban J connectivity index is 1.52. The zero-order chi connectivity index (χ0) is 16.8. The molecule has 122 valence electrons. The average molecular weight is 374 g/mol. The fourth-order valence-electron chi connectivity index (χ4n) is 1.89. The Hall–Kier alpha value is -1.96. The van der Waals surface area contributed by atoms with Crippen molar-refractivity contribution in [3.8, 4) is 0 Å². The first-order chi connectivity index (χ1) is 11.7. The van der Waals surface area contributed by atoms with Crippen molar-refractivity contribution < 1.29 is 4.79 Å². The van der Waals surface area contributed by atoms with Crippen LogP contribution in [0.15, 0.2) is 52.9 Å². The molecule has 3 rings (SSSR count). The molecule has 0 fully saturated rings. The van der Waals surface area contributed by atoms with E-state index in [0.717, 1.165) is 15.0 Å². The van der Waals surface area contributed by atoms with Crippen LogP contribution < -0.4 is 5.32 Å². The second-order valence-corrected chi connectivity index (χ2v) is 8.44. The van der Waals surface area contributed by atoms with Gasteiger partial charge in [-0.2, -0.15) is 0 Å². The van der Waals surface area contributed by atoms with Crippen LogP contribution in [0.2, 0.25) is 0 Å². The van der Waals surface area contributed by atoms with Gasteiger partial charge in [0.05, 0.1) is 0 Å². The fourth-order valence-corrected chi connectivity index (χ4v) is 4.38. The van der Waals surface area contributed by atoms with Crippen molar-refractivity contribution in [3.63, 3.8) is 0 Å². The summed E-state index contributed by atoms with van der Waals surface area (Å²) in [5.41, 5.74) is 1.23. The Morgan fingerprint density at radius 3 is 2.75 bits per heavy atom. The highest BCUT2D eigenvalue weighted by Crippen LogP contribution is 2.28. The Morgan fingerprint density at radius 2 is 2.00 bits per heavy atom. The second kappa shape index (κ2) is 8.23. The predicted molar refractivity (Wildman–Crippen MR) is 103 cm³/mol. The van der Waals surface area contributed by atoms with Gasteiger partial charge >= 0.3 is 0 Å². The number of nitrogens with one attached hydrogen (secondary N) is 1. The maximum atomic E-state index is 11.9. The number of amides is 1. The molecule has 3 aromatic rings. The topological polar surface area (TPSA) is 54.9 Å². The number of hydrogen-bond donors (Lipinski definition) is 1. The van der Waals surface area contributed by atoms with Crippen molar-refractivity contribution in [2.75, 3.05) is 5.32 Å². The van der Waals surface area contributed by atoms with E-state index in [9.17, 15) is 4.79 Å². The van der Waals surface area contributed by atoms with Crippen molar-refractivity contribution in [1.82, 2.24) is 10.2 Å². The van der Waals surface area contributed by atoms with E-state index >= 15 is 0 Å². The van der Waals surface area contributed by atoms with Crippen molar-refractivity contribution in [3.05, 3.63) is 63.9 Å². The van der Waals surface area contributed by atoms with E-state index < -0.39 is 0 Å². The van der Waals surface area contributed by atoms with Gasteiger partial charge in [0.15, 0.2) is 4.34 Å². The summed E-state index contributed by atoms with van der Waals surface area (Å²) >= 11 is 4.64. The Labute approximate surface area is 152 Å². The van der Waals surface area contributed by atoms with Gasteiger partial charge in [0.25, 0.3) is 0 Å². The van der Waals surface area contributed by atoms with Crippen molar-refractivity contribution in [2.45, 2.75) is 17.0 Å². The van der Waals surface area contributed by atoms with E-state index in [2.05, 4.69) is 27.6 Å². The van der Waals surface area contributed by atoms with Gasteiger partial charge in [-0.3, -0.25) is 10.1 Å². The maximum Gasteiger partial charge on any atom is 0.250 e. The summed E-state index contributed by atoms with van der Waals surface area (Å²) in [6.45, 7) is 2.04. The molecule has 0 bridgehead atoms. The van der Waals surface area contributed by atoms with Gasteiger partial charge in [-0.25, -0.2) is 0 Å².